The van der Waals surface area contributed by atoms with Gasteiger partial charge in [-0.3, -0.25) is 4.40 Å². The van der Waals surface area contributed by atoms with E-state index >= 15 is 0 Å². The fourth-order valence-electron chi connectivity index (χ4n) is 2.57. The summed E-state index contributed by atoms with van der Waals surface area (Å²) in [5.74, 6) is 0.191. The van der Waals surface area contributed by atoms with Crippen LogP contribution in [0.25, 0.3) is 15.2 Å². The molecule has 4 aromatic rings. The van der Waals surface area contributed by atoms with Gasteiger partial charge in [-0.05, 0) is 18.2 Å². The Morgan fingerprint density at radius 2 is 2.08 bits per heavy atom. The molecule has 0 fully saturated rings. The minimum absolute atomic E-state index is 0.104. The quantitative estimate of drug-likeness (QED) is 0.594. The second-order valence-electron chi connectivity index (χ2n) is 5.17. The Balaban J connectivity index is 1.79. The molecular formula is C17H12N2O4S. The summed E-state index contributed by atoms with van der Waals surface area (Å²) in [6, 6.07) is 12.7. The van der Waals surface area contributed by atoms with Crippen molar-refractivity contribution in [1.82, 2.24) is 9.38 Å². The molecular weight excluding hydrogens is 328 g/mol. The van der Waals surface area contributed by atoms with Gasteiger partial charge >= 0.3 is 5.97 Å². The van der Waals surface area contributed by atoms with Crippen LogP contribution in [-0.4, -0.2) is 25.6 Å². The summed E-state index contributed by atoms with van der Waals surface area (Å²) >= 11 is 1.39. The molecule has 0 saturated carbocycles. The van der Waals surface area contributed by atoms with Crippen LogP contribution in [0.5, 0.6) is 11.5 Å². The van der Waals surface area contributed by atoms with Crippen LogP contribution in [0.2, 0.25) is 0 Å². The van der Waals surface area contributed by atoms with Crippen LogP contribution in [-0.2, 0) is 6.61 Å². The van der Waals surface area contributed by atoms with E-state index in [-0.39, 0.29) is 12.3 Å². The maximum absolute atomic E-state index is 11.3. The molecule has 0 atom stereocenters. The molecule has 7 heteroatoms. The normalized spacial score (nSPS) is 11.2. The third-order valence-corrected chi connectivity index (χ3v) is 4.71. The van der Waals surface area contributed by atoms with Gasteiger partial charge < -0.3 is 14.9 Å². The number of aromatic nitrogens is 2. The molecule has 0 amide bonds. The van der Waals surface area contributed by atoms with E-state index in [9.17, 15) is 15.0 Å². The van der Waals surface area contributed by atoms with Gasteiger partial charge in [-0.2, -0.15) is 0 Å². The molecule has 0 aliphatic carbocycles. The molecule has 6 nitrogen and oxygen atoms in total. The first-order valence-corrected chi connectivity index (χ1v) is 7.99. The topological polar surface area (TPSA) is 84.1 Å². The lowest BCUT2D eigenvalue weighted by molar-refractivity contribution is 0.0690. The number of hydrogen-bond acceptors (Lipinski definition) is 5. The van der Waals surface area contributed by atoms with Crippen LogP contribution >= 0.6 is 11.3 Å². The number of nitrogens with zero attached hydrogens (tertiary/aromatic N) is 2. The summed E-state index contributed by atoms with van der Waals surface area (Å²) in [5, 5.41) is 18.6. The molecule has 0 spiro atoms. The molecule has 0 saturated heterocycles. The number of benzene rings is 2. The number of carbonyl (C=O) groups is 1. The van der Waals surface area contributed by atoms with E-state index in [1.54, 1.807) is 22.6 Å². The van der Waals surface area contributed by atoms with Crippen LogP contribution in [0.4, 0.5) is 0 Å². The van der Waals surface area contributed by atoms with E-state index in [0.717, 1.165) is 10.2 Å². The molecule has 0 aliphatic rings. The highest BCUT2D eigenvalue weighted by Gasteiger charge is 2.16. The lowest BCUT2D eigenvalue weighted by Crippen LogP contribution is -2.00. The zero-order valence-corrected chi connectivity index (χ0v) is 13.2. The molecule has 2 N–H and O–H groups in total. The standard InChI is InChI=1S/C17H12N2O4S/c20-9-10-3-1-2-4-14(10)23-11-5-6-12-15(7-11)24-17-18-8-13(16(21)22)19(12)17/h1-8,20H,9H2,(H,21,22). The molecule has 0 radical (unpaired) electrons. The maximum atomic E-state index is 11.3. The number of aliphatic hydroxyl groups excluding tert-OH is 1. The molecule has 0 aliphatic heterocycles. The maximum Gasteiger partial charge on any atom is 0.354 e. The monoisotopic (exact) mass is 340 g/mol. The van der Waals surface area contributed by atoms with E-state index in [2.05, 4.69) is 4.98 Å². The zero-order chi connectivity index (χ0) is 16.7. The van der Waals surface area contributed by atoms with E-state index in [0.29, 0.717) is 22.0 Å². The Kier molecular flexibility index (Phi) is 3.44. The van der Waals surface area contributed by atoms with Crippen molar-refractivity contribution < 1.29 is 19.7 Å². The van der Waals surface area contributed by atoms with Crippen LogP contribution < -0.4 is 4.74 Å². The number of aromatic carboxylic acids is 1. The lowest BCUT2D eigenvalue weighted by atomic mass is 10.2. The number of rotatable bonds is 4. The van der Waals surface area contributed by atoms with E-state index in [1.807, 2.05) is 24.3 Å². The van der Waals surface area contributed by atoms with Crippen LogP contribution in [0, 0.1) is 0 Å². The number of ether oxygens (including phenoxy) is 1. The molecule has 24 heavy (non-hydrogen) atoms. The largest absolute Gasteiger partial charge is 0.477 e. The average molecular weight is 340 g/mol. The second-order valence-corrected chi connectivity index (χ2v) is 6.18. The molecule has 0 unspecified atom stereocenters. The number of thiazole rings is 1. The molecule has 2 aromatic carbocycles. The smallest absolute Gasteiger partial charge is 0.354 e. The fourth-order valence-corrected chi connectivity index (χ4v) is 3.60. The number of imidazole rings is 1. The van der Waals surface area contributed by atoms with Crippen LogP contribution in [0.1, 0.15) is 16.1 Å². The summed E-state index contributed by atoms with van der Waals surface area (Å²) in [6.45, 7) is -0.104. The molecule has 4 rings (SSSR count). The number of carboxylic acid groups (broad SMARTS) is 1. The van der Waals surface area contributed by atoms with E-state index in [1.165, 1.54) is 17.5 Å². The predicted octanol–water partition coefficient (Wildman–Crippen LogP) is 3.53. The van der Waals surface area contributed by atoms with E-state index < -0.39 is 5.97 Å². The first-order chi connectivity index (χ1) is 11.7. The van der Waals surface area contributed by atoms with Crippen molar-refractivity contribution in [2.24, 2.45) is 0 Å². The Bertz CT molecular complexity index is 1070. The minimum atomic E-state index is -1.01. The van der Waals surface area contributed by atoms with Crippen molar-refractivity contribution in [2.45, 2.75) is 6.61 Å². The van der Waals surface area contributed by atoms with Gasteiger partial charge in [0.15, 0.2) is 10.7 Å². The highest BCUT2D eigenvalue weighted by Crippen LogP contribution is 2.33. The minimum Gasteiger partial charge on any atom is -0.477 e. The van der Waals surface area contributed by atoms with Gasteiger partial charge in [0.25, 0.3) is 0 Å². The van der Waals surface area contributed by atoms with Gasteiger partial charge in [-0.1, -0.05) is 29.5 Å². The van der Waals surface area contributed by atoms with Gasteiger partial charge in [0.1, 0.15) is 11.5 Å². The Morgan fingerprint density at radius 3 is 2.88 bits per heavy atom. The van der Waals surface area contributed by atoms with Crippen molar-refractivity contribution in [1.29, 1.82) is 0 Å². The predicted molar refractivity (Wildman–Crippen MR) is 90.0 cm³/mol. The van der Waals surface area contributed by atoms with Crippen molar-refractivity contribution >= 4 is 32.5 Å². The SMILES string of the molecule is O=C(O)c1cnc2sc3cc(Oc4ccccc4CO)ccc3n12. The van der Waals surface area contributed by atoms with Gasteiger partial charge in [-0.25, -0.2) is 9.78 Å². The zero-order valence-electron chi connectivity index (χ0n) is 12.3. The first kappa shape index (κ1) is 14.7. The Labute approximate surface area is 140 Å². The summed E-state index contributed by atoms with van der Waals surface area (Å²) in [5.41, 5.74) is 1.61. The third-order valence-electron chi connectivity index (χ3n) is 3.69. The number of aliphatic hydroxyl groups is 1. The number of carboxylic acids is 1. The van der Waals surface area contributed by atoms with Crippen molar-refractivity contribution in [2.75, 3.05) is 0 Å². The molecule has 2 aromatic heterocycles. The molecule has 0 bridgehead atoms. The highest BCUT2D eigenvalue weighted by molar-refractivity contribution is 7.23. The summed E-state index contributed by atoms with van der Waals surface area (Å²) in [4.78, 5) is 16.1. The van der Waals surface area contributed by atoms with Crippen LogP contribution in [0.15, 0.2) is 48.7 Å². The first-order valence-electron chi connectivity index (χ1n) is 7.17. The highest BCUT2D eigenvalue weighted by atomic mass is 32.1. The van der Waals surface area contributed by atoms with Crippen LogP contribution in [0.3, 0.4) is 0 Å². The van der Waals surface area contributed by atoms with E-state index in [4.69, 9.17) is 4.74 Å². The van der Waals surface area contributed by atoms with Crippen molar-refractivity contribution in [3.63, 3.8) is 0 Å². The summed E-state index contributed by atoms with van der Waals surface area (Å²) < 4.78 is 8.35. The summed E-state index contributed by atoms with van der Waals surface area (Å²) in [7, 11) is 0. The van der Waals surface area contributed by atoms with Gasteiger partial charge in [0.05, 0.1) is 23.0 Å². The summed E-state index contributed by atoms with van der Waals surface area (Å²) in [6.07, 6.45) is 1.36. The second kappa shape index (κ2) is 5.63. The molecule has 120 valence electrons. The van der Waals surface area contributed by atoms with Crippen molar-refractivity contribution in [3.8, 4) is 11.5 Å². The molecule has 2 heterocycles. The Morgan fingerprint density at radius 1 is 1.25 bits per heavy atom. The number of para-hydroxylation sites is 1. The number of fused-ring (bicyclic) bond motifs is 3. The fraction of sp³-hybridized carbons (Fsp3) is 0.0588. The number of hydrogen-bond donors (Lipinski definition) is 2. The lowest BCUT2D eigenvalue weighted by Gasteiger charge is -2.09. The van der Waals surface area contributed by atoms with Gasteiger partial charge in [0, 0.05) is 11.6 Å². The Hall–Kier alpha value is -2.90. The van der Waals surface area contributed by atoms with Crippen molar-refractivity contribution in [3.05, 3.63) is 59.9 Å². The van der Waals surface area contributed by atoms with Gasteiger partial charge in [-0.15, -0.1) is 0 Å². The van der Waals surface area contributed by atoms with Gasteiger partial charge in [0.2, 0.25) is 0 Å². The third kappa shape index (κ3) is 2.31. The average Bonchev–Trinajstić information content (AvgIpc) is 3.13.